The van der Waals surface area contributed by atoms with Gasteiger partial charge in [-0.15, -0.1) is 0 Å². The third-order valence-electron chi connectivity index (χ3n) is 6.05. The number of aromatic hydroxyl groups is 2. The van der Waals surface area contributed by atoms with Crippen molar-refractivity contribution in [3.8, 4) is 22.8 Å². The van der Waals surface area contributed by atoms with Gasteiger partial charge >= 0.3 is 0 Å². The molecule has 1 aliphatic rings. The number of aromatic nitrogens is 2. The number of rotatable bonds is 4. The van der Waals surface area contributed by atoms with Gasteiger partial charge < -0.3 is 20.4 Å². The molecule has 0 saturated carbocycles. The van der Waals surface area contributed by atoms with Crippen LogP contribution in [0.4, 0.5) is 15.9 Å². The molecule has 3 aromatic carbocycles. The zero-order chi connectivity index (χ0) is 24.0. The summed E-state index contributed by atoms with van der Waals surface area (Å²) in [6, 6.07) is 17.0. The Morgan fingerprint density at radius 2 is 1.74 bits per heavy atom. The fourth-order valence-electron chi connectivity index (χ4n) is 4.27. The molecule has 0 bridgehead atoms. The highest BCUT2D eigenvalue weighted by Crippen LogP contribution is 2.36. The van der Waals surface area contributed by atoms with Crippen LogP contribution in [-0.2, 0) is 20.1 Å². The van der Waals surface area contributed by atoms with Gasteiger partial charge in [0.05, 0.1) is 11.4 Å². The lowest BCUT2D eigenvalue weighted by molar-refractivity contribution is 0.0749. The van der Waals surface area contributed by atoms with E-state index in [1.165, 1.54) is 10.7 Å². The highest BCUT2D eigenvalue weighted by atomic mass is 19.1. The van der Waals surface area contributed by atoms with Gasteiger partial charge in [-0.3, -0.25) is 9.48 Å². The van der Waals surface area contributed by atoms with Crippen LogP contribution in [0.15, 0.2) is 60.7 Å². The molecule has 172 valence electrons. The maximum Gasteiger partial charge on any atom is 0.260 e. The number of benzene rings is 3. The summed E-state index contributed by atoms with van der Waals surface area (Å²) in [5.74, 6) is -0.807. The number of nitrogens with one attached hydrogen (secondary N) is 1. The topological polar surface area (TPSA) is 90.6 Å². The van der Waals surface area contributed by atoms with Crippen LogP contribution >= 0.6 is 0 Å². The first-order valence-electron chi connectivity index (χ1n) is 10.8. The molecule has 7 nitrogen and oxygen atoms in total. The third-order valence-corrected chi connectivity index (χ3v) is 6.05. The largest absolute Gasteiger partial charge is 0.508 e. The third kappa shape index (κ3) is 3.73. The summed E-state index contributed by atoms with van der Waals surface area (Å²) in [7, 11) is 1.68. The highest BCUT2D eigenvalue weighted by Gasteiger charge is 2.28. The number of hydrogen-bond acceptors (Lipinski definition) is 5. The minimum Gasteiger partial charge on any atom is -0.508 e. The molecule has 0 spiro atoms. The molecule has 1 amide bonds. The minimum atomic E-state index is -0.372. The monoisotopic (exact) mass is 458 g/mol. The first-order valence-corrected chi connectivity index (χ1v) is 10.8. The number of fused-ring (bicyclic) bond motifs is 1. The zero-order valence-electron chi connectivity index (χ0n) is 18.7. The standard InChI is InChI=1S/C26H23FN4O3/c1-15-6-5-9-19(25(15)27)20-12-23(30(2)29-20)28-21-10-18(32)11-22(33)24(21)26(34)31-13-16-7-3-4-8-17(16)14-31/h3-12,28,32-33H,13-14H2,1-2H3. The van der Waals surface area contributed by atoms with Crippen molar-refractivity contribution in [3.05, 3.63) is 88.7 Å². The molecule has 0 saturated heterocycles. The molecule has 4 aromatic rings. The average Bonchev–Trinajstić information content (AvgIpc) is 3.38. The summed E-state index contributed by atoms with van der Waals surface area (Å²) >= 11 is 0. The molecule has 5 rings (SSSR count). The van der Waals surface area contributed by atoms with Crippen LogP contribution in [0.5, 0.6) is 11.5 Å². The second-order valence-corrected chi connectivity index (χ2v) is 8.42. The Morgan fingerprint density at radius 1 is 1.03 bits per heavy atom. The van der Waals surface area contributed by atoms with Gasteiger partial charge in [-0.05, 0) is 29.7 Å². The second kappa shape index (κ2) is 8.22. The lowest BCUT2D eigenvalue weighted by atomic mass is 10.1. The lowest BCUT2D eigenvalue weighted by Crippen LogP contribution is -2.26. The van der Waals surface area contributed by atoms with Gasteiger partial charge in [-0.1, -0.05) is 36.4 Å². The van der Waals surface area contributed by atoms with E-state index in [0.717, 1.165) is 17.2 Å². The fraction of sp³-hybridized carbons (Fsp3) is 0.154. The molecule has 0 unspecified atom stereocenters. The van der Waals surface area contributed by atoms with E-state index >= 15 is 0 Å². The van der Waals surface area contributed by atoms with Gasteiger partial charge in [0.2, 0.25) is 0 Å². The molecule has 0 aliphatic carbocycles. The van der Waals surface area contributed by atoms with Gasteiger partial charge in [0.25, 0.3) is 5.91 Å². The number of carbonyl (C=O) groups is 1. The van der Waals surface area contributed by atoms with Crippen molar-refractivity contribution in [2.75, 3.05) is 5.32 Å². The number of hydrogen-bond donors (Lipinski definition) is 3. The van der Waals surface area contributed by atoms with E-state index in [-0.39, 0.29) is 34.5 Å². The van der Waals surface area contributed by atoms with E-state index in [1.54, 1.807) is 43.1 Å². The van der Waals surface area contributed by atoms with Crippen molar-refractivity contribution in [1.29, 1.82) is 0 Å². The van der Waals surface area contributed by atoms with Crippen molar-refractivity contribution >= 4 is 17.4 Å². The molecule has 0 atom stereocenters. The number of halogens is 1. The molecule has 1 aliphatic heterocycles. The molecule has 0 radical (unpaired) electrons. The number of carbonyl (C=O) groups excluding carboxylic acids is 1. The van der Waals surface area contributed by atoms with E-state index in [2.05, 4.69) is 10.4 Å². The van der Waals surface area contributed by atoms with E-state index in [4.69, 9.17) is 0 Å². The van der Waals surface area contributed by atoms with Crippen LogP contribution in [0.25, 0.3) is 11.3 Å². The van der Waals surface area contributed by atoms with E-state index < -0.39 is 0 Å². The second-order valence-electron chi connectivity index (χ2n) is 8.42. The Morgan fingerprint density at radius 3 is 2.44 bits per heavy atom. The number of amides is 1. The van der Waals surface area contributed by atoms with Crippen LogP contribution in [0, 0.1) is 12.7 Å². The number of phenols is 2. The average molecular weight is 458 g/mol. The SMILES string of the molecule is Cc1cccc(-c2cc(Nc3cc(O)cc(O)c3C(=O)N3Cc4ccccc4C3)n(C)n2)c1F. The Labute approximate surface area is 195 Å². The van der Waals surface area contributed by atoms with Crippen LogP contribution in [0.1, 0.15) is 27.0 Å². The van der Waals surface area contributed by atoms with Crippen molar-refractivity contribution in [3.63, 3.8) is 0 Å². The first-order chi connectivity index (χ1) is 16.3. The zero-order valence-corrected chi connectivity index (χ0v) is 18.7. The van der Waals surface area contributed by atoms with Gasteiger partial charge in [-0.25, -0.2) is 4.39 Å². The Balaban J connectivity index is 1.49. The molecular weight excluding hydrogens is 435 g/mol. The lowest BCUT2D eigenvalue weighted by Gasteiger charge is -2.19. The first kappa shape index (κ1) is 21.5. The molecule has 0 fully saturated rings. The summed E-state index contributed by atoms with van der Waals surface area (Å²) < 4.78 is 16.1. The van der Waals surface area contributed by atoms with E-state index in [0.29, 0.717) is 35.7 Å². The van der Waals surface area contributed by atoms with Crippen LogP contribution in [-0.4, -0.2) is 30.8 Å². The summed E-state index contributed by atoms with van der Waals surface area (Å²) in [6.07, 6.45) is 0. The molecule has 34 heavy (non-hydrogen) atoms. The highest BCUT2D eigenvalue weighted by molar-refractivity contribution is 6.03. The van der Waals surface area contributed by atoms with Gasteiger partial charge in [0, 0.05) is 43.9 Å². The molecule has 1 aromatic heterocycles. The van der Waals surface area contributed by atoms with Crippen LogP contribution in [0.3, 0.4) is 0 Å². The quantitative estimate of drug-likeness (QED) is 0.407. The number of nitrogens with zero attached hydrogens (tertiary/aromatic N) is 3. The summed E-state index contributed by atoms with van der Waals surface area (Å²) in [5, 5.41) is 28.2. The molecule has 3 N–H and O–H groups in total. The van der Waals surface area contributed by atoms with Crippen molar-refractivity contribution < 1.29 is 19.4 Å². The molecule has 8 heteroatoms. The van der Waals surface area contributed by atoms with Gasteiger partial charge in [0.1, 0.15) is 28.7 Å². The van der Waals surface area contributed by atoms with E-state index in [9.17, 15) is 19.4 Å². The van der Waals surface area contributed by atoms with Crippen molar-refractivity contribution in [2.45, 2.75) is 20.0 Å². The number of phenolic OH excluding ortho intramolecular Hbond substituents is 2. The van der Waals surface area contributed by atoms with Crippen molar-refractivity contribution in [2.24, 2.45) is 7.05 Å². The normalized spacial score (nSPS) is 12.6. The van der Waals surface area contributed by atoms with Gasteiger partial charge in [-0.2, -0.15) is 5.10 Å². The summed E-state index contributed by atoms with van der Waals surface area (Å²) in [5.41, 5.74) is 3.65. The Kier molecular flexibility index (Phi) is 5.20. The molecule has 2 heterocycles. The fourth-order valence-corrected chi connectivity index (χ4v) is 4.27. The Hall–Kier alpha value is -4.33. The number of anilines is 2. The Bertz CT molecular complexity index is 1400. The smallest absolute Gasteiger partial charge is 0.260 e. The van der Waals surface area contributed by atoms with Crippen LogP contribution < -0.4 is 5.32 Å². The molecular formula is C26H23FN4O3. The maximum atomic E-state index is 14.6. The van der Waals surface area contributed by atoms with E-state index in [1.807, 2.05) is 24.3 Å². The summed E-state index contributed by atoms with van der Waals surface area (Å²) in [4.78, 5) is 15.1. The number of aryl methyl sites for hydroxylation is 2. The summed E-state index contributed by atoms with van der Waals surface area (Å²) in [6.45, 7) is 2.54. The van der Waals surface area contributed by atoms with Crippen molar-refractivity contribution in [1.82, 2.24) is 14.7 Å². The van der Waals surface area contributed by atoms with Gasteiger partial charge in [0.15, 0.2) is 0 Å². The van der Waals surface area contributed by atoms with Crippen LogP contribution in [0.2, 0.25) is 0 Å². The minimum absolute atomic E-state index is 0.0371. The predicted octanol–water partition coefficient (Wildman–Crippen LogP) is 4.85. The predicted molar refractivity (Wildman–Crippen MR) is 126 cm³/mol. The maximum absolute atomic E-state index is 14.6.